The molecule has 8 heteroatoms. The summed E-state index contributed by atoms with van der Waals surface area (Å²) in [5.41, 5.74) is 3.41. The number of benzene rings is 1. The van der Waals surface area contributed by atoms with Gasteiger partial charge in [0, 0.05) is 50.3 Å². The highest BCUT2D eigenvalue weighted by atomic mass is 16.3. The number of carbonyl (C=O) groups excluding carboxylic acids is 1. The van der Waals surface area contributed by atoms with Gasteiger partial charge in [0.1, 0.15) is 12.1 Å². The summed E-state index contributed by atoms with van der Waals surface area (Å²) in [6.07, 6.45) is 5.35. The fraction of sp³-hybridized carbons (Fsp3) is 0.381. The first-order valence-corrected chi connectivity index (χ1v) is 9.69. The van der Waals surface area contributed by atoms with Gasteiger partial charge in [-0.05, 0) is 38.6 Å². The highest BCUT2D eigenvalue weighted by Gasteiger charge is 2.30. The fourth-order valence-corrected chi connectivity index (χ4v) is 3.61. The van der Waals surface area contributed by atoms with E-state index in [1.807, 2.05) is 54.8 Å². The number of nitrogens with zero attached hydrogens (tertiary/aromatic N) is 5. The van der Waals surface area contributed by atoms with Gasteiger partial charge >= 0.3 is 6.03 Å². The summed E-state index contributed by atoms with van der Waals surface area (Å²) in [4.78, 5) is 25.9. The highest BCUT2D eigenvalue weighted by Crippen LogP contribution is 2.27. The standard InChI is InChI=1S/C21H26N6O2/c1-14-5-6-16(20-23-15(2)13-29-20)11-17(14)24-21(28)27-10-9-25(3)18(12-27)19-22-7-8-26(19)4/h5-8,11,13,18H,9-10,12H2,1-4H3,(H,24,28). The number of anilines is 1. The maximum Gasteiger partial charge on any atom is 0.321 e. The summed E-state index contributed by atoms with van der Waals surface area (Å²) >= 11 is 0. The topological polar surface area (TPSA) is 79.4 Å². The SMILES string of the molecule is Cc1coc(-c2ccc(C)c(NC(=O)N3CCN(C)C(c4nccn4C)C3)c2)n1. The van der Waals surface area contributed by atoms with E-state index in [0.717, 1.165) is 34.9 Å². The molecule has 1 fully saturated rings. The van der Waals surface area contributed by atoms with Crippen molar-refractivity contribution >= 4 is 11.7 Å². The van der Waals surface area contributed by atoms with E-state index in [9.17, 15) is 4.79 Å². The van der Waals surface area contributed by atoms with Crippen LogP contribution >= 0.6 is 0 Å². The lowest BCUT2D eigenvalue weighted by atomic mass is 10.1. The number of imidazole rings is 1. The smallest absolute Gasteiger partial charge is 0.321 e. The number of rotatable bonds is 3. The fourth-order valence-electron chi connectivity index (χ4n) is 3.61. The van der Waals surface area contributed by atoms with Crippen molar-refractivity contribution < 1.29 is 9.21 Å². The number of aromatic nitrogens is 3. The first-order chi connectivity index (χ1) is 13.9. The van der Waals surface area contributed by atoms with Crippen molar-refractivity contribution in [2.45, 2.75) is 19.9 Å². The van der Waals surface area contributed by atoms with Gasteiger partial charge in [-0.25, -0.2) is 14.8 Å². The van der Waals surface area contributed by atoms with E-state index >= 15 is 0 Å². The molecule has 1 N–H and O–H groups in total. The number of likely N-dealkylation sites (N-methyl/N-ethyl adjacent to an activating group) is 1. The quantitative estimate of drug-likeness (QED) is 0.738. The Bertz CT molecular complexity index is 1020. The van der Waals surface area contributed by atoms with Crippen LogP contribution in [0.4, 0.5) is 10.5 Å². The van der Waals surface area contributed by atoms with Crippen molar-refractivity contribution in [3.05, 3.63) is 53.9 Å². The lowest BCUT2D eigenvalue weighted by molar-refractivity contribution is 0.110. The number of amides is 2. The predicted molar refractivity (Wildman–Crippen MR) is 111 cm³/mol. The molecule has 1 atom stereocenters. The second kappa shape index (κ2) is 7.71. The van der Waals surface area contributed by atoms with Crippen LogP contribution in [-0.2, 0) is 7.05 Å². The zero-order valence-electron chi connectivity index (χ0n) is 17.2. The zero-order chi connectivity index (χ0) is 20.5. The van der Waals surface area contributed by atoms with Crippen LogP contribution in [0.1, 0.15) is 23.1 Å². The van der Waals surface area contributed by atoms with Crippen LogP contribution in [0.5, 0.6) is 0 Å². The third-order valence-corrected chi connectivity index (χ3v) is 5.44. The molecule has 0 radical (unpaired) electrons. The Morgan fingerprint density at radius 1 is 1.24 bits per heavy atom. The number of urea groups is 1. The maximum absolute atomic E-state index is 13.0. The Morgan fingerprint density at radius 3 is 2.76 bits per heavy atom. The molecule has 4 rings (SSSR count). The average Bonchev–Trinajstić information content (AvgIpc) is 3.32. The third kappa shape index (κ3) is 3.88. The summed E-state index contributed by atoms with van der Waals surface area (Å²) in [6, 6.07) is 5.78. The number of carbonyl (C=O) groups is 1. The average molecular weight is 394 g/mol. The van der Waals surface area contributed by atoms with Crippen molar-refractivity contribution in [2.75, 3.05) is 32.0 Å². The zero-order valence-corrected chi connectivity index (χ0v) is 17.2. The lowest BCUT2D eigenvalue weighted by Gasteiger charge is -2.39. The molecular weight excluding hydrogens is 368 g/mol. The second-order valence-electron chi connectivity index (χ2n) is 7.59. The largest absolute Gasteiger partial charge is 0.444 e. The molecule has 0 spiro atoms. The van der Waals surface area contributed by atoms with Crippen molar-refractivity contribution in [3.8, 4) is 11.5 Å². The predicted octanol–water partition coefficient (Wildman–Crippen LogP) is 3.21. The minimum Gasteiger partial charge on any atom is -0.444 e. The summed E-state index contributed by atoms with van der Waals surface area (Å²) in [7, 11) is 4.05. The van der Waals surface area contributed by atoms with Crippen LogP contribution < -0.4 is 5.32 Å². The van der Waals surface area contributed by atoms with Gasteiger partial charge in [0.25, 0.3) is 0 Å². The van der Waals surface area contributed by atoms with Crippen molar-refractivity contribution in [2.24, 2.45) is 7.05 Å². The molecule has 3 heterocycles. The normalized spacial score (nSPS) is 17.5. The molecule has 1 aliphatic heterocycles. The number of aryl methyl sites for hydroxylation is 3. The summed E-state index contributed by atoms with van der Waals surface area (Å²) in [5.74, 6) is 1.51. The van der Waals surface area contributed by atoms with Gasteiger partial charge in [0.2, 0.25) is 5.89 Å². The van der Waals surface area contributed by atoms with Crippen LogP contribution in [-0.4, -0.2) is 57.0 Å². The van der Waals surface area contributed by atoms with Crippen LogP contribution in [0.15, 0.2) is 41.3 Å². The molecule has 2 amide bonds. The van der Waals surface area contributed by atoms with Gasteiger partial charge in [-0.3, -0.25) is 4.90 Å². The molecule has 1 aliphatic rings. The number of hydrogen-bond acceptors (Lipinski definition) is 5. The van der Waals surface area contributed by atoms with E-state index in [0.29, 0.717) is 19.0 Å². The second-order valence-corrected chi connectivity index (χ2v) is 7.59. The Balaban J connectivity index is 1.51. The summed E-state index contributed by atoms with van der Waals surface area (Å²) < 4.78 is 7.50. The van der Waals surface area contributed by atoms with E-state index in [4.69, 9.17) is 4.42 Å². The van der Waals surface area contributed by atoms with Gasteiger partial charge in [-0.2, -0.15) is 0 Å². The number of nitrogens with one attached hydrogen (secondary N) is 1. The molecule has 3 aromatic rings. The first kappa shape index (κ1) is 19.2. The minimum atomic E-state index is -0.110. The molecule has 1 unspecified atom stereocenters. The molecule has 0 aliphatic carbocycles. The lowest BCUT2D eigenvalue weighted by Crippen LogP contribution is -2.50. The maximum atomic E-state index is 13.0. The van der Waals surface area contributed by atoms with Gasteiger partial charge in [-0.15, -0.1) is 0 Å². The summed E-state index contributed by atoms with van der Waals surface area (Å²) in [6.45, 7) is 5.90. The summed E-state index contributed by atoms with van der Waals surface area (Å²) in [5, 5.41) is 3.06. The van der Waals surface area contributed by atoms with Crippen LogP contribution in [0.25, 0.3) is 11.5 Å². The number of hydrogen-bond donors (Lipinski definition) is 1. The van der Waals surface area contributed by atoms with Gasteiger partial charge in [0.05, 0.1) is 11.7 Å². The third-order valence-electron chi connectivity index (χ3n) is 5.44. The minimum absolute atomic E-state index is 0.0669. The van der Waals surface area contributed by atoms with Gasteiger partial charge in [-0.1, -0.05) is 6.07 Å². The highest BCUT2D eigenvalue weighted by molar-refractivity contribution is 5.91. The Hall–Kier alpha value is -3.13. The van der Waals surface area contributed by atoms with E-state index in [1.54, 1.807) is 12.5 Å². The molecule has 2 aromatic heterocycles. The molecule has 1 aromatic carbocycles. The van der Waals surface area contributed by atoms with Gasteiger partial charge in [0.15, 0.2) is 0 Å². The van der Waals surface area contributed by atoms with Crippen LogP contribution in [0.2, 0.25) is 0 Å². The Kier molecular flexibility index (Phi) is 5.10. The molecule has 152 valence electrons. The molecule has 8 nitrogen and oxygen atoms in total. The Labute approximate surface area is 170 Å². The first-order valence-electron chi connectivity index (χ1n) is 9.69. The van der Waals surface area contributed by atoms with Gasteiger partial charge < -0.3 is 19.2 Å². The van der Waals surface area contributed by atoms with Crippen molar-refractivity contribution in [1.82, 2.24) is 24.3 Å². The van der Waals surface area contributed by atoms with Crippen LogP contribution in [0, 0.1) is 13.8 Å². The van der Waals surface area contributed by atoms with E-state index in [-0.39, 0.29) is 12.1 Å². The van der Waals surface area contributed by atoms with E-state index in [1.165, 1.54) is 0 Å². The molecular formula is C21H26N6O2. The molecule has 0 saturated carbocycles. The monoisotopic (exact) mass is 394 g/mol. The molecule has 29 heavy (non-hydrogen) atoms. The number of oxazole rings is 1. The van der Waals surface area contributed by atoms with Crippen LogP contribution in [0.3, 0.4) is 0 Å². The molecule has 1 saturated heterocycles. The number of piperazine rings is 1. The Morgan fingerprint density at radius 2 is 2.07 bits per heavy atom. The van der Waals surface area contributed by atoms with Crippen molar-refractivity contribution in [3.63, 3.8) is 0 Å². The van der Waals surface area contributed by atoms with E-state index in [2.05, 4.69) is 27.2 Å². The van der Waals surface area contributed by atoms with Crippen molar-refractivity contribution in [1.29, 1.82) is 0 Å². The van der Waals surface area contributed by atoms with E-state index < -0.39 is 0 Å². The molecule has 0 bridgehead atoms.